The number of nitro groups is 1. The van der Waals surface area contributed by atoms with Crippen LogP contribution in [0.5, 0.6) is 0 Å². The van der Waals surface area contributed by atoms with Crippen LogP contribution in [0.4, 0.5) is 11.8 Å². The third-order valence-electron chi connectivity index (χ3n) is 5.61. The van der Waals surface area contributed by atoms with Crippen molar-refractivity contribution in [1.29, 1.82) is 0 Å². The molecule has 20 heteroatoms. The highest BCUT2D eigenvalue weighted by atomic mass is 32.2. The predicted molar refractivity (Wildman–Crippen MR) is 148 cm³/mol. The van der Waals surface area contributed by atoms with Crippen molar-refractivity contribution in [3.63, 3.8) is 0 Å². The van der Waals surface area contributed by atoms with Crippen molar-refractivity contribution in [2.24, 2.45) is 18.7 Å². The van der Waals surface area contributed by atoms with E-state index in [2.05, 4.69) is 39.9 Å². The molecule has 0 aliphatic rings. The van der Waals surface area contributed by atoms with E-state index in [0.717, 1.165) is 11.8 Å². The van der Waals surface area contributed by atoms with Crippen LogP contribution in [0.2, 0.25) is 0 Å². The van der Waals surface area contributed by atoms with Gasteiger partial charge >= 0.3 is 11.8 Å². The van der Waals surface area contributed by atoms with Crippen molar-refractivity contribution < 1.29 is 19.2 Å². The molecule has 0 unspecified atom stereocenters. The number of rotatable bonds is 10. The summed E-state index contributed by atoms with van der Waals surface area (Å²) in [5.74, 6) is -0.646. The second-order valence-corrected chi connectivity index (χ2v) is 9.91. The molecule has 0 aromatic carbocycles. The Morgan fingerprint density at radius 2 is 1.98 bits per heavy atom. The lowest BCUT2D eigenvalue weighted by Gasteiger charge is -2.14. The summed E-state index contributed by atoms with van der Waals surface area (Å²) < 4.78 is 13.5. The van der Waals surface area contributed by atoms with Crippen molar-refractivity contribution in [2.75, 3.05) is 18.9 Å². The molecule has 0 aliphatic heterocycles. The summed E-state index contributed by atoms with van der Waals surface area (Å²) in [4.78, 5) is 62.6. The Kier molecular flexibility index (Phi) is 9.39. The van der Waals surface area contributed by atoms with E-state index < -0.39 is 22.5 Å². The number of carbonyl (C=O) groups excluding carboxylic acids is 1. The van der Waals surface area contributed by atoms with E-state index in [1.165, 1.54) is 29.9 Å². The minimum Gasteiger partial charge on any atom is -0.462 e. The monoisotopic (exact) mass is 601 g/mol. The van der Waals surface area contributed by atoms with Crippen LogP contribution in [-0.2, 0) is 28.0 Å². The molecule has 1 atom stereocenters. The van der Waals surface area contributed by atoms with Crippen molar-refractivity contribution in [2.45, 2.75) is 36.7 Å². The highest BCUT2D eigenvalue weighted by Crippen LogP contribution is 2.34. The van der Waals surface area contributed by atoms with Gasteiger partial charge in [0, 0.05) is 7.05 Å². The first-order valence-corrected chi connectivity index (χ1v) is 13.1. The molecule has 0 fully saturated rings. The number of imidazole rings is 3. The van der Waals surface area contributed by atoms with Gasteiger partial charge in [-0.2, -0.15) is 4.98 Å². The first-order valence-electron chi connectivity index (χ1n) is 12.2. The van der Waals surface area contributed by atoms with Crippen molar-refractivity contribution in [1.82, 2.24) is 49.0 Å². The maximum Gasteiger partial charge on any atom is 0.396 e. The number of ether oxygens (including phenoxy) is 2. The summed E-state index contributed by atoms with van der Waals surface area (Å²) in [6, 6.07) is -0.647. The molecule has 6 N–H and O–H groups in total. The third kappa shape index (κ3) is 6.85. The minimum absolute atomic E-state index is 0.000790. The molecule has 0 spiro atoms. The zero-order valence-electron chi connectivity index (χ0n) is 22.6. The Labute approximate surface area is 240 Å². The normalized spacial score (nSPS) is 11.9. The van der Waals surface area contributed by atoms with Gasteiger partial charge < -0.3 is 40.6 Å². The Morgan fingerprint density at radius 1 is 1.19 bits per heavy atom. The summed E-state index contributed by atoms with van der Waals surface area (Å²) >= 11 is 1.15. The lowest BCUT2D eigenvalue weighted by molar-refractivity contribution is -0.392. The molecule has 0 saturated heterocycles. The van der Waals surface area contributed by atoms with E-state index in [1.54, 1.807) is 11.6 Å². The molecule has 0 bridgehead atoms. The molecular weight excluding hydrogens is 574 g/mol. The van der Waals surface area contributed by atoms with Gasteiger partial charge in [-0.25, -0.2) is 19.9 Å². The summed E-state index contributed by atoms with van der Waals surface area (Å²) in [5, 5.41) is 11.9. The molecule has 5 aromatic heterocycles. The largest absolute Gasteiger partial charge is 0.462 e. The molecule has 222 valence electrons. The molecule has 19 nitrogen and oxygen atoms in total. The van der Waals surface area contributed by atoms with Gasteiger partial charge in [0.05, 0.1) is 19.3 Å². The zero-order valence-corrected chi connectivity index (χ0v) is 23.4. The number of aromatic amines is 2. The van der Waals surface area contributed by atoms with Gasteiger partial charge in [-0.05, 0) is 27.6 Å². The van der Waals surface area contributed by atoms with Crippen molar-refractivity contribution in [3.05, 3.63) is 45.8 Å². The quantitative estimate of drug-likeness (QED) is 0.0553. The first-order chi connectivity index (χ1) is 20.1. The van der Waals surface area contributed by atoms with Gasteiger partial charge in [0.25, 0.3) is 5.56 Å². The van der Waals surface area contributed by atoms with Crippen LogP contribution >= 0.6 is 11.8 Å². The highest BCUT2D eigenvalue weighted by Gasteiger charge is 2.23. The number of nitrogen functional groups attached to an aromatic ring is 1. The lowest BCUT2D eigenvalue weighted by Crippen LogP contribution is -2.37. The number of anilines is 1. The summed E-state index contributed by atoms with van der Waals surface area (Å²) in [6.07, 6.45) is 5.69. The van der Waals surface area contributed by atoms with Crippen molar-refractivity contribution in [3.8, 4) is 0 Å². The Balaban J connectivity index is 0.000000196. The van der Waals surface area contributed by atoms with Crippen LogP contribution in [0.3, 0.4) is 0 Å². The molecule has 0 amide bonds. The summed E-state index contributed by atoms with van der Waals surface area (Å²) in [7, 11) is 1.69. The zero-order chi connectivity index (χ0) is 30.4. The van der Waals surface area contributed by atoms with Crippen LogP contribution in [-0.4, -0.2) is 79.2 Å². The van der Waals surface area contributed by atoms with Gasteiger partial charge in [0.2, 0.25) is 12.3 Å². The van der Waals surface area contributed by atoms with Gasteiger partial charge in [-0.1, -0.05) is 13.8 Å². The smallest absolute Gasteiger partial charge is 0.396 e. The Morgan fingerprint density at radius 3 is 2.71 bits per heavy atom. The fourth-order valence-corrected chi connectivity index (χ4v) is 4.30. The highest BCUT2D eigenvalue weighted by molar-refractivity contribution is 7.99. The van der Waals surface area contributed by atoms with Crippen molar-refractivity contribution >= 4 is 51.8 Å². The van der Waals surface area contributed by atoms with Gasteiger partial charge in [0.1, 0.15) is 36.2 Å². The van der Waals surface area contributed by atoms with Crippen LogP contribution in [0.1, 0.15) is 13.8 Å². The maximum atomic E-state index is 11.6. The minimum atomic E-state index is -0.647. The molecule has 0 aliphatic carbocycles. The van der Waals surface area contributed by atoms with E-state index in [-0.39, 0.29) is 43.1 Å². The second-order valence-electron chi connectivity index (χ2n) is 8.94. The first kappa shape index (κ1) is 30.0. The number of hydrogen-bond acceptors (Lipinski definition) is 15. The van der Waals surface area contributed by atoms with E-state index in [4.69, 9.17) is 20.9 Å². The lowest BCUT2D eigenvalue weighted by atomic mass is 10.1. The maximum absolute atomic E-state index is 11.6. The van der Waals surface area contributed by atoms with Crippen LogP contribution < -0.4 is 17.0 Å². The van der Waals surface area contributed by atoms with Crippen LogP contribution in [0, 0.1) is 16.0 Å². The fourth-order valence-electron chi connectivity index (χ4n) is 3.36. The molecule has 5 rings (SSSR count). The number of nitrogens with one attached hydrogen (secondary N) is 2. The average molecular weight is 602 g/mol. The Bertz CT molecular complexity index is 1760. The molecule has 5 heterocycles. The number of fused-ring (bicyclic) bond motifs is 2. The third-order valence-corrected chi connectivity index (χ3v) is 6.77. The fraction of sp³-hybridized carbons (Fsp3) is 0.364. The molecule has 5 aromatic rings. The molecule has 0 saturated carbocycles. The number of H-pyrrole nitrogens is 2. The van der Waals surface area contributed by atoms with Gasteiger partial charge in [0.15, 0.2) is 21.8 Å². The van der Waals surface area contributed by atoms with Gasteiger partial charge in [-0.3, -0.25) is 19.1 Å². The number of nitrogens with two attached hydrogens (primary N) is 2. The Hall–Kier alpha value is -4.95. The second kappa shape index (κ2) is 13.1. The summed E-state index contributed by atoms with van der Waals surface area (Å²) in [6.45, 7) is 4.04. The average Bonchev–Trinajstić information content (AvgIpc) is 3.68. The number of esters is 1. The standard InChI is InChI=1S/C13H20N6O4.C9H7N7O2S/c1-7(2)8(14)12(21)23-4-3-22-6-19-5-16-9-10(19)17-13(15)18-11(9)20;1-15-4-14-7(16(17)18)9(15)19-8-5-6(11-2-10-5)12-3-13-8/h5,7-8H,3-4,6,14H2,1-2H3,(H3,15,17,18,20);2-4H,1H3,(H,10,11,12,13)/t8-;/m0./s1. The van der Waals surface area contributed by atoms with Gasteiger partial charge in [-0.15, -0.1) is 0 Å². The topological polar surface area (TPSA) is 267 Å². The van der Waals surface area contributed by atoms with E-state index in [9.17, 15) is 19.7 Å². The van der Waals surface area contributed by atoms with Crippen LogP contribution in [0.15, 0.2) is 40.2 Å². The van der Waals surface area contributed by atoms with E-state index >= 15 is 0 Å². The number of nitrogens with zero attached hydrogens (tertiary/aromatic N) is 9. The van der Waals surface area contributed by atoms with E-state index in [1.807, 2.05) is 13.8 Å². The molecular formula is C22H27N13O6S. The number of hydrogen-bond donors (Lipinski definition) is 4. The van der Waals surface area contributed by atoms with E-state index in [0.29, 0.717) is 26.9 Å². The molecule has 0 radical (unpaired) electrons. The predicted octanol–water partition coefficient (Wildman–Crippen LogP) is 0.348. The summed E-state index contributed by atoms with van der Waals surface area (Å²) in [5.41, 5.74) is 12.4. The number of aryl methyl sites for hydroxylation is 1. The number of carbonyl (C=O) groups is 1. The SMILES string of the molecule is CC(C)[C@H](N)C(=O)OCCOCn1cnc2c(=O)[nH]c(N)nc21.Cn1cnc([N+](=O)[O-])c1Sc1ncnc2nc[nH]c12. The number of aromatic nitrogens is 10. The molecule has 42 heavy (non-hydrogen) atoms. The van der Waals surface area contributed by atoms with Crippen LogP contribution in [0.25, 0.3) is 22.3 Å².